The molecule has 3 N–H and O–H groups in total. The molecule has 0 aromatic carbocycles. The van der Waals surface area contributed by atoms with E-state index in [1.54, 1.807) is 12.3 Å². The number of carbonyl (C=O) groups excluding carboxylic acids is 1. The van der Waals surface area contributed by atoms with Crippen LogP contribution >= 0.6 is 0 Å². The molecule has 0 spiro atoms. The molecular weight excluding hydrogens is 202 g/mol. The summed E-state index contributed by atoms with van der Waals surface area (Å²) in [7, 11) is 0. The number of aromatic nitrogens is 1. The quantitative estimate of drug-likeness (QED) is 0.796. The summed E-state index contributed by atoms with van der Waals surface area (Å²) in [4.78, 5) is 15.9. The van der Waals surface area contributed by atoms with Crippen LogP contribution in [0.5, 0.6) is 0 Å². The molecule has 2 rings (SSSR count). The highest BCUT2D eigenvalue weighted by atomic mass is 16.1. The van der Waals surface area contributed by atoms with Crippen molar-refractivity contribution in [1.82, 2.24) is 10.3 Å². The zero-order valence-electron chi connectivity index (χ0n) is 9.49. The zero-order chi connectivity index (χ0) is 11.6. The summed E-state index contributed by atoms with van der Waals surface area (Å²) in [5.41, 5.74) is 6.62. The maximum atomic E-state index is 12.0. The second kappa shape index (κ2) is 4.12. The van der Waals surface area contributed by atoms with E-state index < -0.39 is 0 Å². The van der Waals surface area contributed by atoms with E-state index in [9.17, 15) is 4.79 Å². The van der Waals surface area contributed by atoms with Gasteiger partial charge < -0.3 is 11.1 Å². The molecule has 1 fully saturated rings. The number of pyridine rings is 1. The largest absolute Gasteiger partial charge is 0.398 e. The molecule has 1 aliphatic carbocycles. The number of anilines is 1. The minimum absolute atomic E-state index is 0.0701. The number of nitrogens with zero attached hydrogens (tertiary/aromatic N) is 1. The third-order valence-electron chi connectivity index (χ3n) is 3.22. The maximum Gasteiger partial charge on any atom is 0.255 e. The molecule has 1 aliphatic rings. The summed E-state index contributed by atoms with van der Waals surface area (Å²) >= 11 is 0. The molecule has 1 aromatic heterocycles. The lowest BCUT2D eigenvalue weighted by Crippen LogP contribution is -2.43. The lowest BCUT2D eigenvalue weighted by atomic mass is 10.00. The minimum Gasteiger partial charge on any atom is -0.398 e. The van der Waals surface area contributed by atoms with Gasteiger partial charge in [-0.05, 0) is 25.8 Å². The number of hydrogen-bond acceptors (Lipinski definition) is 3. The number of nitrogen functional groups attached to an aromatic ring is 1. The van der Waals surface area contributed by atoms with Crippen LogP contribution in [0.15, 0.2) is 18.5 Å². The van der Waals surface area contributed by atoms with Crippen molar-refractivity contribution in [2.75, 3.05) is 5.73 Å². The van der Waals surface area contributed by atoms with Crippen molar-refractivity contribution in [1.29, 1.82) is 0 Å². The molecule has 4 heteroatoms. The van der Waals surface area contributed by atoms with E-state index in [4.69, 9.17) is 5.73 Å². The monoisotopic (exact) mass is 219 g/mol. The Kier molecular flexibility index (Phi) is 2.81. The Labute approximate surface area is 95.3 Å². The first kappa shape index (κ1) is 10.9. The van der Waals surface area contributed by atoms with Gasteiger partial charge in [0.2, 0.25) is 0 Å². The summed E-state index contributed by atoms with van der Waals surface area (Å²) in [6.45, 7) is 2.09. The molecule has 1 heterocycles. The van der Waals surface area contributed by atoms with Crippen LogP contribution in [0.4, 0.5) is 5.69 Å². The van der Waals surface area contributed by atoms with Crippen LogP contribution in [0, 0.1) is 0 Å². The van der Waals surface area contributed by atoms with Gasteiger partial charge in [-0.25, -0.2) is 0 Å². The Morgan fingerprint density at radius 1 is 1.50 bits per heavy atom. The van der Waals surface area contributed by atoms with Crippen LogP contribution in [0.25, 0.3) is 0 Å². The third kappa shape index (κ3) is 2.15. The van der Waals surface area contributed by atoms with Crippen molar-refractivity contribution >= 4 is 11.6 Å². The molecule has 0 bridgehead atoms. The smallest absolute Gasteiger partial charge is 0.255 e. The lowest BCUT2D eigenvalue weighted by molar-refractivity contribution is 0.0908. The molecule has 1 saturated carbocycles. The molecule has 1 aromatic rings. The zero-order valence-corrected chi connectivity index (χ0v) is 9.49. The molecule has 86 valence electrons. The van der Waals surface area contributed by atoms with Crippen LogP contribution in [0.1, 0.15) is 43.0 Å². The van der Waals surface area contributed by atoms with Crippen LogP contribution in [-0.2, 0) is 0 Å². The van der Waals surface area contributed by atoms with Crippen molar-refractivity contribution in [2.24, 2.45) is 0 Å². The van der Waals surface area contributed by atoms with Gasteiger partial charge >= 0.3 is 0 Å². The van der Waals surface area contributed by atoms with Gasteiger partial charge in [-0.15, -0.1) is 0 Å². The Bertz CT molecular complexity index is 397. The average Bonchev–Trinajstić information content (AvgIpc) is 2.65. The summed E-state index contributed by atoms with van der Waals surface area (Å²) in [6, 6.07) is 1.64. The fourth-order valence-electron chi connectivity index (χ4n) is 2.22. The number of rotatable bonds is 2. The molecule has 0 aliphatic heterocycles. The Hall–Kier alpha value is -1.58. The molecular formula is C12H17N3O. The minimum atomic E-state index is -0.116. The number of hydrogen-bond donors (Lipinski definition) is 2. The summed E-state index contributed by atoms with van der Waals surface area (Å²) in [6.07, 6.45) is 7.54. The van der Waals surface area contributed by atoms with Gasteiger partial charge in [0.25, 0.3) is 5.91 Å². The van der Waals surface area contributed by atoms with Crippen LogP contribution in [0.3, 0.4) is 0 Å². The third-order valence-corrected chi connectivity index (χ3v) is 3.22. The summed E-state index contributed by atoms with van der Waals surface area (Å²) in [5, 5.41) is 3.05. The molecule has 0 unspecified atom stereocenters. The molecule has 0 radical (unpaired) electrons. The van der Waals surface area contributed by atoms with E-state index in [1.165, 1.54) is 19.0 Å². The van der Waals surface area contributed by atoms with E-state index in [0.717, 1.165) is 12.8 Å². The van der Waals surface area contributed by atoms with Crippen LogP contribution in [0.2, 0.25) is 0 Å². The molecule has 0 saturated heterocycles. The summed E-state index contributed by atoms with van der Waals surface area (Å²) in [5.74, 6) is -0.116. The van der Waals surface area contributed by atoms with Gasteiger partial charge in [-0.1, -0.05) is 12.8 Å². The van der Waals surface area contributed by atoms with E-state index in [0.29, 0.717) is 11.3 Å². The first-order valence-corrected chi connectivity index (χ1v) is 5.63. The van der Waals surface area contributed by atoms with Crippen LogP contribution < -0.4 is 11.1 Å². The van der Waals surface area contributed by atoms with E-state index in [-0.39, 0.29) is 11.4 Å². The fourth-order valence-corrected chi connectivity index (χ4v) is 2.22. The second-order valence-corrected chi connectivity index (χ2v) is 4.68. The average molecular weight is 219 g/mol. The van der Waals surface area contributed by atoms with E-state index in [1.807, 2.05) is 0 Å². The highest BCUT2D eigenvalue weighted by Crippen LogP contribution is 2.29. The van der Waals surface area contributed by atoms with Crippen molar-refractivity contribution in [3.05, 3.63) is 24.0 Å². The lowest BCUT2D eigenvalue weighted by Gasteiger charge is -2.25. The SMILES string of the molecule is CC1(NC(=O)c2cnccc2N)CCCC1. The van der Waals surface area contributed by atoms with Gasteiger partial charge in [-0.2, -0.15) is 0 Å². The van der Waals surface area contributed by atoms with Crippen molar-refractivity contribution < 1.29 is 4.79 Å². The molecule has 1 amide bonds. The van der Waals surface area contributed by atoms with E-state index >= 15 is 0 Å². The van der Waals surface area contributed by atoms with Gasteiger partial charge in [0.15, 0.2) is 0 Å². The number of nitrogens with two attached hydrogens (primary N) is 1. The van der Waals surface area contributed by atoms with E-state index in [2.05, 4.69) is 17.2 Å². The highest BCUT2D eigenvalue weighted by molar-refractivity contribution is 5.99. The van der Waals surface area contributed by atoms with Gasteiger partial charge in [0, 0.05) is 23.6 Å². The van der Waals surface area contributed by atoms with Crippen molar-refractivity contribution in [3.8, 4) is 0 Å². The molecule has 16 heavy (non-hydrogen) atoms. The van der Waals surface area contributed by atoms with Gasteiger partial charge in [0.05, 0.1) is 5.56 Å². The molecule has 0 atom stereocenters. The molecule has 4 nitrogen and oxygen atoms in total. The Morgan fingerprint density at radius 3 is 2.81 bits per heavy atom. The van der Waals surface area contributed by atoms with Gasteiger partial charge in [0.1, 0.15) is 0 Å². The van der Waals surface area contributed by atoms with Crippen LogP contribution in [-0.4, -0.2) is 16.4 Å². The first-order chi connectivity index (χ1) is 7.61. The van der Waals surface area contributed by atoms with Crippen molar-refractivity contribution in [3.63, 3.8) is 0 Å². The number of carbonyl (C=O) groups is 1. The number of amides is 1. The number of nitrogens with one attached hydrogen (secondary N) is 1. The topological polar surface area (TPSA) is 68.0 Å². The summed E-state index contributed by atoms with van der Waals surface area (Å²) < 4.78 is 0. The Morgan fingerprint density at radius 2 is 2.19 bits per heavy atom. The first-order valence-electron chi connectivity index (χ1n) is 5.63. The standard InChI is InChI=1S/C12H17N3O/c1-12(5-2-3-6-12)15-11(16)9-8-14-7-4-10(9)13/h4,7-8H,2-3,5-6H2,1H3,(H2,13,14)(H,15,16). The predicted molar refractivity (Wildman–Crippen MR) is 63.0 cm³/mol. The highest BCUT2D eigenvalue weighted by Gasteiger charge is 2.30. The normalized spacial score (nSPS) is 18.3. The van der Waals surface area contributed by atoms with Gasteiger partial charge in [-0.3, -0.25) is 9.78 Å². The maximum absolute atomic E-state index is 12.0. The second-order valence-electron chi connectivity index (χ2n) is 4.68. The fraction of sp³-hybridized carbons (Fsp3) is 0.500. The Balaban J connectivity index is 2.11. The van der Waals surface area contributed by atoms with Crippen molar-refractivity contribution in [2.45, 2.75) is 38.1 Å². The predicted octanol–water partition coefficient (Wildman–Crippen LogP) is 1.73.